The summed E-state index contributed by atoms with van der Waals surface area (Å²) < 4.78 is 0.878. The zero-order valence-electron chi connectivity index (χ0n) is 10.6. The summed E-state index contributed by atoms with van der Waals surface area (Å²) in [5.41, 5.74) is 6.93. The van der Waals surface area contributed by atoms with E-state index in [1.165, 1.54) is 4.88 Å². The van der Waals surface area contributed by atoms with Gasteiger partial charge in [0.25, 0.3) is 5.91 Å². The predicted molar refractivity (Wildman–Crippen MR) is 83.5 cm³/mol. The molecule has 2 rings (SSSR count). The summed E-state index contributed by atoms with van der Waals surface area (Å²) in [5, 5.41) is 2.05. The second kappa shape index (κ2) is 6.21. The Morgan fingerprint density at radius 1 is 1.42 bits per heavy atom. The Hall–Kier alpha value is -1.33. The molecule has 0 saturated heterocycles. The number of rotatable bonds is 4. The van der Waals surface area contributed by atoms with Crippen molar-refractivity contribution in [3.05, 3.63) is 50.6 Å². The van der Waals surface area contributed by atoms with E-state index in [2.05, 4.69) is 22.0 Å². The highest BCUT2D eigenvalue weighted by molar-refractivity contribution is 9.10. The summed E-state index contributed by atoms with van der Waals surface area (Å²) in [5.74, 6) is -0.0402. The van der Waals surface area contributed by atoms with Crippen molar-refractivity contribution in [3.8, 4) is 0 Å². The molecule has 0 spiro atoms. The molecule has 0 fully saturated rings. The van der Waals surface area contributed by atoms with Gasteiger partial charge in [0, 0.05) is 28.6 Å². The van der Waals surface area contributed by atoms with E-state index in [4.69, 9.17) is 5.73 Å². The van der Waals surface area contributed by atoms with Crippen LogP contribution in [0, 0.1) is 0 Å². The van der Waals surface area contributed by atoms with Crippen LogP contribution in [0.4, 0.5) is 5.69 Å². The normalized spacial score (nSPS) is 10.4. The average Bonchev–Trinajstić information content (AvgIpc) is 2.88. The minimum atomic E-state index is -0.0402. The Labute approximate surface area is 125 Å². The Morgan fingerprint density at radius 2 is 2.21 bits per heavy atom. The predicted octanol–water partition coefficient (Wildman–Crippen LogP) is 3.41. The first kappa shape index (κ1) is 14.1. The fourth-order valence-electron chi connectivity index (χ4n) is 1.77. The van der Waals surface area contributed by atoms with E-state index in [-0.39, 0.29) is 5.91 Å². The minimum Gasteiger partial charge on any atom is -0.398 e. The molecule has 2 N–H and O–H groups in total. The summed E-state index contributed by atoms with van der Waals surface area (Å²) >= 11 is 5.04. The number of nitrogens with two attached hydrogens (primary N) is 1. The van der Waals surface area contributed by atoms with Crippen LogP contribution in [0.3, 0.4) is 0 Å². The zero-order chi connectivity index (χ0) is 13.8. The first-order valence-corrected chi connectivity index (χ1v) is 7.58. The highest BCUT2D eigenvalue weighted by atomic mass is 79.9. The van der Waals surface area contributed by atoms with Crippen molar-refractivity contribution in [1.29, 1.82) is 0 Å². The quantitative estimate of drug-likeness (QED) is 0.868. The van der Waals surface area contributed by atoms with E-state index < -0.39 is 0 Å². The Balaban J connectivity index is 2.02. The lowest BCUT2D eigenvalue weighted by atomic mass is 10.1. The van der Waals surface area contributed by atoms with E-state index in [1.807, 2.05) is 17.5 Å². The topological polar surface area (TPSA) is 46.3 Å². The molecular formula is C14H15BrN2OS. The van der Waals surface area contributed by atoms with Gasteiger partial charge in [-0.25, -0.2) is 0 Å². The van der Waals surface area contributed by atoms with Crippen molar-refractivity contribution >= 4 is 38.9 Å². The molecule has 0 unspecified atom stereocenters. The van der Waals surface area contributed by atoms with E-state index in [1.54, 1.807) is 35.4 Å². The van der Waals surface area contributed by atoms with Crippen LogP contribution in [-0.4, -0.2) is 24.4 Å². The van der Waals surface area contributed by atoms with Gasteiger partial charge in [0.05, 0.1) is 5.56 Å². The number of likely N-dealkylation sites (N-methyl/N-ethyl adjacent to an activating group) is 1. The molecule has 0 aliphatic carbocycles. The first-order valence-electron chi connectivity index (χ1n) is 5.91. The third-order valence-electron chi connectivity index (χ3n) is 2.86. The molecule has 1 heterocycles. The van der Waals surface area contributed by atoms with Crippen molar-refractivity contribution in [2.75, 3.05) is 19.3 Å². The fraction of sp³-hybridized carbons (Fsp3) is 0.214. The van der Waals surface area contributed by atoms with Gasteiger partial charge >= 0.3 is 0 Å². The number of hydrogen-bond acceptors (Lipinski definition) is 3. The molecular weight excluding hydrogens is 324 g/mol. The average molecular weight is 339 g/mol. The molecule has 100 valence electrons. The number of halogens is 1. The van der Waals surface area contributed by atoms with Crippen LogP contribution >= 0.6 is 27.3 Å². The molecule has 5 heteroatoms. The molecule has 0 saturated carbocycles. The van der Waals surface area contributed by atoms with Crippen LogP contribution in [0.5, 0.6) is 0 Å². The molecule has 1 amide bonds. The molecule has 0 bridgehead atoms. The molecule has 0 atom stereocenters. The van der Waals surface area contributed by atoms with Gasteiger partial charge < -0.3 is 10.6 Å². The Bertz CT molecular complexity index is 569. The SMILES string of the molecule is CN(CCc1cccs1)C(=O)c1ccc(Br)cc1N. The maximum Gasteiger partial charge on any atom is 0.255 e. The largest absolute Gasteiger partial charge is 0.398 e. The van der Waals surface area contributed by atoms with Crippen molar-refractivity contribution in [2.45, 2.75) is 6.42 Å². The van der Waals surface area contributed by atoms with Gasteiger partial charge in [0.1, 0.15) is 0 Å². The molecule has 0 aliphatic rings. The van der Waals surface area contributed by atoms with Crippen molar-refractivity contribution in [3.63, 3.8) is 0 Å². The summed E-state index contributed by atoms with van der Waals surface area (Å²) in [6, 6.07) is 9.44. The van der Waals surface area contributed by atoms with Gasteiger partial charge in [0.15, 0.2) is 0 Å². The third-order valence-corrected chi connectivity index (χ3v) is 4.29. The van der Waals surface area contributed by atoms with Gasteiger partial charge in [-0.1, -0.05) is 22.0 Å². The van der Waals surface area contributed by atoms with Gasteiger partial charge in [0.2, 0.25) is 0 Å². The first-order chi connectivity index (χ1) is 9.08. The molecule has 3 nitrogen and oxygen atoms in total. The summed E-state index contributed by atoms with van der Waals surface area (Å²) in [4.78, 5) is 15.3. The molecule has 0 radical (unpaired) electrons. The fourth-order valence-corrected chi connectivity index (χ4v) is 2.85. The van der Waals surface area contributed by atoms with E-state index in [9.17, 15) is 4.79 Å². The number of amides is 1. The maximum atomic E-state index is 12.3. The third kappa shape index (κ3) is 3.58. The van der Waals surface area contributed by atoms with Gasteiger partial charge in [-0.2, -0.15) is 0 Å². The molecule has 2 aromatic rings. The number of nitrogen functional groups attached to an aromatic ring is 1. The summed E-state index contributed by atoms with van der Waals surface area (Å²) in [7, 11) is 1.80. The van der Waals surface area contributed by atoms with Gasteiger partial charge in [-0.05, 0) is 36.1 Å². The van der Waals surface area contributed by atoms with Crippen LogP contribution in [-0.2, 0) is 6.42 Å². The van der Waals surface area contributed by atoms with Crippen molar-refractivity contribution in [1.82, 2.24) is 4.90 Å². The highest BCUT2D eigenvalue weighted by Gasteiger charge is 2.14. The van der Waals surface area contributed by atoms with Crippen LogP contribution in [0.15, 0.2) is 40.2 Å². The second-order valence-electron chi connectivity index (χ2n) is 4.29. The number of thiophene rings is 1. The number of carbonyl (C=O) groups excluding carboxylic acids is 1. The van der Waals surface area contributed by atoms with Crippen molar-refractivity contribution in [2.24, 2.45) is 0 Å². The lowest BCUT2D eigenvalue weighted by Gasteiger charge is -2.18. The number of anilines is 1. The molecule has 1 aromatic heterocycles. The number of carbonyl (C=O) groups is 1. The van der Waals surface area contributed by atoms with Crippen LogP contribution in [0.25, 0.3) is 0 Å². The summed E-state index contributed by atoms with van der Waals surface area (Å²) in [6.07, 6.45) is 0.871. The van der Waals surface area contributed by atoms with E-state index >= 15 is 0 Å². The molecule has 0 aliphatic heterocycles. The number of benzene rings is 1. The van der Waals surface area contributed by atoms with Crippen LogP contribution in [0.2, 0.25) is 0 Å². The lowest BCUT2D eigenvalue weighted by molar-refractivity contribution is 0.0798. The minimum absolute atomic E-state index is 0.0402. The van der Waals surface area contributed by atoms with Gasteiger partial charge in [-0.15, -0.1) is 11.3 Å². The lowest BCUT2D eigenvalue weighted by Crippen LogP contribution is -2.29. The highest BCUT2D eigenvalue weighted by Crippen LogP contribution is 2.20. The van der Waals surface area contributed by atoms with Crippen LogP contribution in [0.1, 0.15) is 15.2 Å². The Morgan fingerprint density at radius 3 is 2.84 bits per heavy atom. The van der Waals surface area contributed by atoms with E-state index in [0.717, 1.165) is 10.9 Å². The second-order valence-corrected chi connectivity index (χ2v) is 6.24. The number of hydrogen-bond donors (Lipinski definition) is 1. The van der Waals surface area contributed by atoms with Gasteiger partial charge in [-0.3, -0.25) is 4.79 Å². The Kier molecular flexibility index (Phi) is 4.61. The van der Waals surface area contributed by atoms with Crippen molar-refractivity contribution < 1.29 is 4.79 Å². The molecule has 1 aromatic carbocycles. The van der Waals surface area contributed by atoms with E-state index in [0.29, 0.717) is 17.8 Å². The maximum absolute atomic E-state index is 12.3. The monoisotopic (exact) mass is 338 g/mol. The standard InChI is InChI=1S/C14H15BrN2OS/c1-17(7-6-11-3-2-8-19-11)14(18)12-5-4-10(15)9-13(12)16/h2-5,8-9H,6-7,16H2,1H3. The summed E-state index contributed by atoms with van der Waals surface area (Å²) in [6.45, 7) is 0.689. The zero-order valence-corrected chi connectivity index (χ0v) is 13.0. The smallest absolute Gasteiger partial charge is 0.255 e. The number of nitrogens with zero attached hydrogens (tertiary/aromatic N) is 1. The van der Waals surface area contributed by atoms with Crippen LogP contribution < -0.4 is 5.73 Å². The molecule has 19 heavy (non-hydrogen) atoms.